The van der Waals surface area contributed by atoms with Crippen molar-refractivity contribution < 1.29 is 19.0 Å². The van der Waals surface area contributed by atoms with Crippen LogP contribution in [-0.4, -0.2) is 26.3 Å². The summed E-state index contributed by atoms with van der Waals surface area (Å²) in [6.45, 7) is 0.704. The summed E-state index contributed by atoms with van der Waals surface area (Å²) in [4.78, 5) is 11.4. The highest BCUT2D eigenvalue weighted by molar-refractivity contribution is 5.90. The quantitative estimate of drug-likeness (QED) is 0.502. The van der Waals surface area contributed by atoms with Crippen LogP contribution < -0.4 is 15.2 Å². The minimum absolute atomic E-state index is 0.323. The van der Waals surface area contributed by atoms with Crippen LogP contribution >= 0.6 is 0 Å². The van der Waals surface area contributed by atoms with E-state index in [1.165, 1.54) is 7.11 Å². The predicted molar refractivity (Wildman–Crippen MR) is 79.6 cm³/mol. The Morgan fingerprint density at radius 3 is 2.48 bits per heavy atom. The van der Waals surface area contributed by atoms with Gasteiger partial charge in [0, 0.05) is 0 Å². The zero-order chi connectivity index (χ0) is 15.1. The molecular formula is C16H17NO4. The van der Waals surface area contributed by atoms with Gasteiger partial charge in [0.2, 0.25) is 0 Å². The highest BCUT2D eigenvalue weighted by Gasteiger charge is 2.09. The Kier molecular flexibility index (Phi) is 5.04. The molecule has 0 unspecified atom stereocenters. The van der Waals surface area contributed by atoms with Crippen molar-refractivity contribution in [1.29, 1.82) is 0 Å². The highest BCUT2D eigenvalue weighted by atomic mass is 16.5. The molecule has 2 rings (SSSR count). The number of benzene rings is 2. The Morgan fingerprint density at radius 2 is 1.76 bits per heavy atom. The van der Waals surface area contributed by atoms with Gasteiger partial charge in [-0.3, -0.25) is 0 Å². The third-order valence-corrected chi connectivity index (χ3v) is 2.79. The first-order valence-corrected chi connectivity index (χ1v) is 6.49. The van der Waals surface area contributed by atoms with Gasteiger partial charge in [0.05, 0.1) is 18.4 Å². The second-order valence-electron chi connectivity index (χ2n) is 4.25. The Labute approximate surface area is 123 Å². The predicted octanol–water partition coefficient (Wildman–Crippen LogP) is 2.51. The number of esters is 1. The number of nitrogens with two attached hydrogens (primary N) is 1. The lowest BCUT2D eigenvalue weighted by Gasteiger charge is -2.11. The van der Waals surface area contributed by atoms with E-state index in [2.05, 4.69) is 4.74 Å². The SMILES string of the molecule is COC(=O)c1ccc(N)c(OCCOc2ccccc2)c1. The molecule has 0 saturated heterocycles. The Balaban J connectivity index is 1.89. The molecule has 0 aromatic heterocycles. The molecule has 110 valence electrons. The average molecular weight is 287 g/mol. The molecular weight excluding hydrogens is 270 g/mol. The van der Waals surface area contributed by atoms with E-state index < -0.39 is 5.97 Å². The summed E-state index contributed by atoms with van der Waals surface area (Å²) >= 11 is 0. The van der Waals surface area contributed by atoms with Crippen LogP contribution in [0.1, 0.15) is 10.4 Å². The van der Waals surface area contributed by atoms with Crippen LogP contribution in [0.2, 0.25) is 0 Å². The average Bonchev–Trinajstić information content (AvgIpc) is 2.53. The molecule has 2 aromatic carbocycles. The van der Waals surface area contributed by atoms with Gasteiger partial charge in [-0.1, -0.05) is 18.2 Å². The van der Waals surface area contributed by atoms with E-state index in [0.717, 1.165) is 5.75 Å². The van der Waals surface area contributed by atoms with E-state index in [0.29, 0.717) is 30.2 Å². The van der Waals surface area contributed by atoms with E-state index >= 15 is 0 Å². The largest absolute Gasteiger partial charge is 0.490 e. The van der Waals surface area contributed by atoms with Crippen LogP contribution in [0.3, 0.4) is 0 Å². The molecule has 0 amide bonds. The van der Waals surface area contributed by atoms with Gasteiger partial charge >= 0.3 is 5.97 Å². The van der Waals surface area contributed by atoms with Crippen molar-refractivity contribution in [2.75, 3.05) is 26.1 Å². The van der Waals surface area contributed by atoms with Gasteiger partial charge in [0.1, 0.15) is 24.7 Å². The Bertz CT molecular complexity index is 598. The Hall–Kier alpha value is -2.69. The van der Waals surface area contributed by atoms with Crippen LogP contribution in [0.15, 0.2) is 48.5 Å². The maximum Gasteiger partial charge on any atom is 0.337 e. The molecule has 0 heterocycles. The van der Waals surface area contributed by atoms with Gasteiger partial charge in [-0.25, -0.2) is 4.79 Å². The third kappa shape index (κ3) is 4.14. The fourth-order valence-corrected chi connectivity index (χ4v) is 1.73. The number of hydrogen-bond donors (Lipinski definition) is 1. The summed E-state index contributed by atoms with van der Waals surface area (Å²) in [6.07, 6.45) is 0. The van der Waals surface area contributed by atoms with Gasteiger partial charge in [0.15, 0.2) is 0 Å². The van der Waals surface area contributed by atoms with Crippen LogP contribution in [0.5, 0.6) is 11.5 Å². The molecule has 0 saturated carbocycles. The molecule has 5 nitrogen and oxygen atoms in total. The molecule has 0 aliphatic heterocycles. The lowest BCUT2D eigenvalue weighted by molar-refractivity contribution is 0.0600. The first kappa shape index (κ1) is 14.7. The molecule has 0 spiro atoms. The van der Waals surface area contributed by atoms with E-state index in [4.69, 9.17) is 15.2 Å². The maximum atomic E-state index is 11.4. The second kappa shape index (κ2) is 7.19. The number of para-hydroxylation sites is 1. The lowest BCUT2D eigenvalue weighted by atomic mass is 10.2. The number of carbonyl (C=O) groups excluding carboxylic acids is 1. The summed E-state index contributed by atoms with van der Waals surface area (Å²) in [5, 5.41) is 0. The molecule has 0 aliphatic rings. The van der Waals surface area contributed by atoms with Gasteiger partial charge in [-0.15, -0.1) is 0 Å². The maximum absolute atomic E-state index is 11.4. The van der Waals surface area contributed by atoms with Crippen molar-refractivity contribution in [3.05, 3.63) is 54.1 Å². The normalized spacial score (nSPS) is 9.95. The lowest BCUT2D eigenvalue weighted by Crippen LogP contribution is -2.10. The molecule has 21 heavy (non-hydrogen) atoms. The summed E-state index contributed by atoms with van der Waals surface area (Å²) in [6, 6.07) is 14.2. The van der Waals surface area contributed by atoms with Gasteiger partial charge in [0.25, 0.3) is 0 Å². The Morgan fingerprint density at radius 1 is 1.05 bits per heavy atom. The van der Waals surface area contributed by atoms with Crippen molar-refractivity contribution in [3.63, 3.8) is 0 Å². The molecule has 0 bridgehead atoms. The fraction of sp³-hybridized carbons (Fsp3) is 0.188. The number of anilines is 1. The summed E-state index contributed by atoms with van der Waals surface area (Å²) in [7, 11) is 1.33. The molecule has 5 heteroatoms. The van der Waals surface area contributed by atoms with Crippen LogP contribution in [0, 0.1) is 0 Å². The smallest absolute Gasteiger partial charge is 0.337 e. The summed E-state index contributed by atoms with van der Waals surface area (Å²) in [5.41, 5.74) is 6.66. The summed E-state index contributed by atoms with van der Waals surface area (Å²) in [5.74, 6) is 0.785. The van der Waals surface area contributed by atoms with Gasteiger partial charge in [-0.2, -0.15) is 0 Å². The topological polar surface area (TPSA) is 70.8 Å². The third-order valence-electron chi connectivity index (χ3n) is 2.79. The van der Waals surface area contributed by atoms with Crippen LogP contribution in [0.25, 0.3) is 0 Å². The van der Waals surface area contributed by atoms with E-state index in [-0.39, 0.29) is 0 Å². The second-order valence-corrected chi connectivity index (χ2v) is 4.25. The molecule has 2 aromatic rings. The van der Waals surface area contributed by atoms with Gasteiger partial charge < -0.3 is 19.9 Å². The number of rotatable bonds is 6. The first-order chi connectivity index (χ1) is 10.2. The molecule has 0 aliphatic carbocycles. The first-order valence-electron chi connectivity index (χ1n) is 6.49. The summed E-state index contributed by atoms with van der Waals surface area (Å²) < 4.78 is 15.7. The van der Waals surface area contributed by atoms with Gasteiger partial charge in [-0.05, 0) is 30.3 Å². The molecule has 2 N–H and O–H groups in total. The molecule has 0 radical (unpaired) electrons. The van der Waals surface area contributed by atoms with E-state index in [9.17, 15) is 4.79 Å². The molecule has 0 fully saturated rings. The standard InChI is InChI=1S/C16H17NO4/c1-19-16(18)12-7-8-14(17)15(11-12)21-10-9-20-13-5-3-2-4-6-13/h2-8,11H,9-10,17H2,1H3. The highest BCUT2D eigenvalue weighted by Crippen LogP contribution is 2.23. The monoisotopic (exact) mass is 287 g/mol. The van der Waals surface area contributed by atoms with Crippen molar-refractivity contribution in [3.8, 4) is 11.5 Å². The number of methoxy groups -OCH3 is 1. The van der Waals surface area contributed by atoms with Crippen molar-refractivity contribution >= 4 is 11.7 Å². The minimum Gasteiger partial charge on any atom is -0.490 e. The number of hydrogen-bond acceptors (Lipinski definition) is 5. The van der Waals surface area contributed by atoms with Crippen LogP contribution in [0.4, 0.5) is 5.69 Å². The molecule has 0 atom stereocenters. The minimum atomic E-state index is -0.430. The van der Waals surface area contributed by atoms with Crippen molar-refractivity contribution in [1.82, 2.24) is 0 Å². The van der Waals surface area contributed by atoms with Crippen molar-refractivity contribution in [2.45, 2.75) is 0 Å². The number of nitrogen functional groups attached to an aromatic ring is 1. The van der Waals surface area contributed by atoms with E-state index in [1.54, 1.807) is 18.2 Å². The fourth-order valence-electron chi connectivity index (χ4n) is 1.73. The van der Waals surface area contributed by atoms with Crippen molar-refractivity contribution in [2.24, 2.45) is 0 Å². The zero-order valence-electron chi connectivity index (χ0n) is 11.7. The number of ether oxygens (including phenoxy) is 3. The number of carbonyl (C=O) groups is 1. The van der Waals surface area contributed by atoms with Crippen LogP contribution in [-0.2, 0) is 4.74 Å². The zero-order valence-corrected chi connectivity index (χ0v) is 11.7. The van der Waals surface area contributed by atoms with E-state index in [1.807, 2.05) is 30.3 Å².